The summed E-state index contributed by atoms with van der Waals surface area (Å²) in [6.45, 7) is 16.0. The van der Waals surface area contributed by atoms with E-state index in [1.54, 1.807) is 0 Å². The fourth-order valence-electron chi connectivity index (χ4n) is 2.84. The molecule has 0 aromatic carbocycles. The van der Waals surface area contributed by atoms with Gasteiger partial charge in [-0.15, -0.1) is 0 Å². The molecule has 1 aliphatic carbocycles. The Morgan fingerprint density at radius 2 is 1.50 bits per heavy atom. The number of rotatable bonds is 5. The van der Waals surface area contributed by atoms with Gasteiger partial charge in [-0.1, -0.05) is 40.0 Å². The highest BCUT2D eigenvalue weighted by Gasteiger charge is 2.45. The zero-order valence-electron chi connectivity index (χ0n) is 14.9. The fraction of sp³-hybridized carbons (Fsp3) is 1.00. The SMILES string of the molecule is CC(C)(N)CCC1(O[Si](C)(C)C(C)(C)C)CCCCC1. The van der Waals surface area contributed by atoms with Crippen molar-refractivity contribution in [3.8, 4) is 0 Å². The van der Waals surface area contributed by atoms with Crippen molar-refractivity contribution in [1.29, 1.82) is 0 Å². The van der Waals surface area contributed by atoms with Gasteiger partial charge in [0, 0.05) is 5.54 Å². The van der Waals surface area contributed by atoms with Crippen LogP contribution in [0.15, 0.2) is 0 Å². The highest BCUT2D eigenvalue weighted by molar-refractivity contribution is 6.74. The van der Waals surface area contributed by atoms with Gasteiger partial charge in [0.25, 0.3) is 0 Å². The van der Waals surface area contributed by atoms with Gasteiger partial charge in [0.2, 0.25) is 0 Å². The van der Waals surface area contributed by atoms with Crippen LogP contribution in [0.4, 0.5) is 0 Å². The van der Waals surface area contributed by atoms with Crippen molar-refractivity contribution in [3.63, 3.8) is 0 Å². The smallest absolute Gasteiger partial charge is 0.192 e. The van der Waals surface area contributed by atoms with Crippen molar-refractivity contribution < 1.29 is 4.43 Å². The first-order chi connectivity index (χ1) is 8.87. The highest BCUT2D eigenvalue weighted by atomic mass is 28.4. The molecule has 0 aromatic rings. The second kappa shape index (κ2) is 6.10. The van der Waals surface area contributed by atoms with E-state index >= 15 is 0 Å². The van der Waals surface area contributed by atoms with Crippen molar-refractivity contribution in [2.75, 3.05) is 0 Å². The first kappa shape index (κ1) is 18.2. The normalized spacial score (nSPS) is 21.0. The predicted octanol–water partition coefficient (Wildman–Crippen LogP) is 5.23. The monoisotopic (exact) mass is 299 g/mol. The summed E-state index contributed by atoms with van der Waals surface area (Å²) >= 11 is 0. The van der Waals surface area contributed by atoms with E-state index in [0.717, 1.165) is 12.8 Å². The Morgan fingerprint density at radius 3 is 1.90 bits per heavy atom. The molecule has 2 N–H and O–H groups in total. The topological polar surface area (TPSA) is 35.2 Å². The Morgan fingerprint density at radius 1 is 1.00 bits per heavy atom. The van der Waals surface area contributed by atoms with Crippen molar-refractivity contribution in [3.05, 3.63) is 0 Å². The summed E-state index contributed by atoms with van der Waals surface area (Å²) < 4.78 is 6.91. The number of nitrogens with two attached hydrogens (primary N) is 1. The zero-order chi connectivity index (χ0) is 15.7. The summed E-state index contributed by atoms with van der Waals surface area (Å²) in [5.41, 5.74) is 6.24. The van der Waals surface area contributed by atoms with Crippen molar-refractivity contribution in [2.24, 2.45) is 5.73 Å². The molecule has 0 aliphatic heterocycles. The third-order valence-electron chi connectivity index (χ3n) is 5.27. The lowest BCUT2D eigenvalue weighted by Crippen LogP contribution is -2.51. The molecular weight excluding hydrogens is 262 g/mol. The van der Waals surface area contributed by atoms with Gasteiger partial charge in [-0.2, -0.15) is 0 Å². The maximum atomic E-state index is 6.91. The molecule has 20 heavy (non-hydrogen) atoms. The molecule has 1 fully saturated rings. The average molecular weight is 300 g/mol. The minimum atomic E-state index is -1.70. The van der Waals surface area contributed by atoms with Crippen LogP contribution in [-0.2, 0) is 4.43 Å². The van der Waals surface area contributed by atoms with Crippen LogP contribution in [0.1, 0.15) is 79.6 Å². The molecule has 1 rings (SSSR count). The van der Waals surface area contributed by atoms with Gasteiger partial charge < -0.3 is 10.2 Å². The molecular formula is C17H37NOSi. The summed E-state index contributed by atoms with van der Waals surface area (Å²) in [5.74, 6) is 0. The number of hydrogen-bond donors (Lipinski definition) is 1. The Labute approximate surface area is 128 Å². The molecule has 120 valence electrons. The minimum absolute atomic E-state index is 0.0821. The minimum Gasteiger partial charge on any atom is -0.411 e. The van der Waals surface area contributed by atoms with Gasteiger partial charge in [-0.3, -0.25) is 0 Å². The van der Waals surface area contributed by atoms with Crippen LogP contribution in [-0.4, -0.2) is 19.5 Å². The van der Waals surface area contributed by atoms with Gasteiger partial charge in [-0.05, 0) is 57.7 Å². The highest BCUT2D eigenvalue weighted by Crippen LogP contribution is 2.45. The summed E-state index contributed by atoms with van der Waals surface area (Å²) in [6, 6.07) is 0. The summed E-state index contributed by atoms with van der Waals surface area (Å²) in [6.07, 6.45) is 8.66. The van der Waals surface area contributed by atoms with Gasteiger partial charge in [-0.25, -0.2) is 0 Å². The van der Waals surface area contributed by atoms with Gasteiger partial charge >= 0.3 is 0 Å². The van der Waals surface area contributed by atoms with Gasteiger partial charge in [0.1, 0.15) is 0 Å². The standard InChI is InChI=1S/C17H37NOSi/c1-15(2,3)20(6,7)19-17(11-9-8-10-12-17)14-13-16(4,5)18/h8-14,18H2,1-7H3. The lowest BCUT2D eigenvalue weighted by atomic mass is 9.79. The third-order valence-corrected chi connectivity index (χ3v) is 9.82. The molecule has 1 aliphatic rings. The van der Waals surface area contributed by atoms with Crippen LogP contribution in [0, 0.1) is 0 Å². The van der Waals surface area contributed by atoms with Crippen LogP contribution in [0.25, 0.3) is 0 Å². The first-order valence-corrected chi connectivity index (χ1v) is 11.3. The molecule has 0 aromatic heterocycles. The molecule has 0 amide bonds. The van der Waals surface area contributed by atoms with Crippen LogP contribution >= 0.6 is 0 Å². The maximum absolute atomic E-state index is 6.91. The summed E-state index contributed by atoms with van der Waals surface area (Å²) in [5, 5.41) is 0.287. The van der Waals surface area contributed by atoms with Crippen molar-refractivity contribution in [2.45, 2.75) is 109 Å². The Balaban J connectivity index is 2.84. The fourth-order valence-corrected chi connectivity index (χ4v) is 4.54. The Hall–Kier alpha value is 0.137. The van der Waals surface area contributed by atoms with E-state index in [4.69, 9.17) is 10.2 Å². The van der Waals surface area contributed by atoms with E-state index in [2.05, 4.69) is 47.7 Å². The Bertz CT molecular complexity index is 306. The molecule has 0 atom stereocenters. The zero-order valence-corrected chi connectivity index (χ0v) is 15.9. The third kappa shape index (κ3) is 5.16. The predicted molar refractivity (Wildman–Crippen MR) is 91.6 cm³/mol. The molecule has 0 saturated heterocycles. The lowest BCUT2D eigenvalue weighted by Gasteiger charge is -2.48. The number of hydrogen-bond acceptors (Lipinski definition) is 2. The van der Waals surface area contributed by atoms with E-state index in [1.165, 1.54) is 32.1 Å². The molecule has 0 bridgehead atoms. The average Bonchev–Trinajstić information content (AvgIpc) is 2.25. The van der Waals surface area contributed by atoms with Gasteiger partial charge in [0.15, 0.2) is 8.32 Å². The van der Waals surface area contributed by atoms with Crippen LogP contribution in [0.5, 0.6) is 0 Å². The van der Waals surface area contributed by atoms with Crippen molar-refractivity contribution >= 4 is 8.32 Å². The van der Waals surface area contributed by atoms with E-state index < -0.39 is 8.32 Å². The quantitative estimate of drug-likeness (QED) is 0.706. The maximum Gasteiger partial charge on any atom is 0.192 e. The van der Waals surface area contributed by atoms with E-state index in [9.17, 15) is 0 Å². The van der Waals surface area contributed by atoms with Crippen LogP contribution in [0.3, 0.4) is 0 Å². The van der Waals surface area contributed by atoms with E-state index in [0.29, 0.717) is 0 Å². The first-order valence-electron chi connectivity index (χ1n) is 8.36. The molecule has 0 heterocycles. The van der Waals surface area contributed by atoms with E-state index in [1.807, 2.05) is 0 Å². The molecule has 0 radical (unpaired) electrons. The van der Waals surface area contributed by atoms with Crippen molar-refractivity contribution in [1.82, 2.24) is 0 Å². The second-order valence-corrected chi connectivity index (χ2v) is 13.8. The molecule has 0 unspecified atom stereocenters. The van der Waals surface area contributed by atoms with Crippen LogP contribution < -0.4 is 5.73 Å². The van der Waals surface area contributed by atoms with Gasteiger partial charge in [0.05, 0.1) is 5.60 Å². The van der Waals surface area contributed by atoms with E-state index in [-0.39, 0.29) is 16.2 Å². The second-order valence-electron chi connectivity index (χ2n) is 9.09. The largest absolute Gasteiger partial charge is 0.411 e. The van der Waals surface area contributed by atoms with Crippen LogP contribution in [0.2, 0.25) is 18.1 Å². The molecule has 3 heteroatoms. The summed E-state index contributed by atoms with van der Waals surface area (Å²) in [4.78, 5) is 0. The Kier molecular flexibility index (Phi) is 5.54. The molecule has 1 saturated carbocycles. The molecule has 2 nitrogen and oxygen atoms in total. The summed E-state index contributed by atoms with van der Waals surface area (Å²) in [7, 11) is -1.70. The molecule has 0 spiro atoms. The lowest BCUT2D eigenvalue weighted by molar-refractivity contribution is 0.00303.